The molecule has 0 spiro atoms. The Morgan fingerprint density at radius 2 is 1.36 bits per heavy atom. The molecule has 2 aromatic rings. The molecule has 2 aromatic carbocycles. The van der Waals surface area contributed by atoms with Crippen LogP contribution >= 0.6 is 0 Å². The molecule has 130 valence electrons. The van der Waals surface area contributed by atoms with Crippen molar-refractivity contribution >= 4 is 11.7 Å². The molecule has 1 aliphatic carbocycles. The molecule has 1 aliphatic rings. The van der Waals surface area contributed by atoms with E-state index in [1.807, 2.05) is 36.4 Å². The second kappa shape index (κ2) is 8.58. The normalized spacial score (nSPS) is 16.2. The standard InChI is InChI=1S/C21H24N2O2/c24-19(16-10-4-1-5-11-16)20(22-18-14-8-3-9-15-18)23-21(25)17-12-6-2-7-13-17/h1-2,4-7,10-13,18,20,22H,3,8-9,14-15H2,(H,23,25)/t20-/m0/s1. The van der Waals surface area contributed by atoms with Crippen LogP contribution in [0.4, 0.5) is 0 Å². The highest BCUT2D eigenvalue weighted by molar-refractivity contribution is 6.04. The van der Waals surface area contributed by atoms with Gasteiger partial charge in [0.05, 0.1) is 0 Å². The van der Waals surface area contributed by atoms with Gasteiger partial charge in [-0.3, -0.25) is 14.9 Å². The topological polar surface area (TPSA) is 58.2 Å². The van der Waals surface area contributed by atoms with Crippen LogP contribution in [0.5, 0.6) is 0 Å². The quantitative estimate of drug-likeness (QED) is 0.626. The van der Waals surface area contributed by atoms with Crippen molar-refractivity contribution in [2.24, 2.45) is 0 Å². The first-order chi connectivity index (χ1) is 12.2. The summed E-state index contributed by atoms with van der Waals surface area (Å²) in [5, 5.41) is 6.25. The first kappa shape index (κ1) is 17.4. The third kappa shape index (κ3) is 4.77. The molecule has 1 saturated carbocycles. The van der Waals surface area contributed by atoms with Gasteiger partial charge in [0, 0.05) is 17.2 Å². The summed E-state index contributed by atoms with van der Waals surface area (Å²) in [5.74, 6) is -0.339. The summed E-state index contributed by atoms with van der Waals surface area (Å²) in [4.78, 5) is 25.4. The summed E-state index contributed by atoms with van der Waals surface area (Å²) in [6.45, 7) is 0. The number of carbonyl (C=O) groups excluding carboxylic acids is 2. The zero-order chi connectivity index (χ0) is 17.5. The van der Waals surface area contributed by atoms with E-state index >= 15 is 0 Å². The van der Waals surface area contributed by atoms with Crippen LogP contribution in [0.25, 0.3) is 0 Å². The second-order valence-corrected chi connectivity index (χ2v) is 6.50. The molecule has 0 unspecified atom stereocenters. The van der Waals surface area contributed by atoms with Crippen LogP contribution in [0.1, 0.15) is 52.8 Å². The van der Waals surface area contributed by atoms with Gasteiger partial charge < -0.3 is 5.32 Å². The van der Waals surface area contributed by atoms with E-state index in [1.54, 1.807) is 24.3 Å². The summed E-state index contributed by atoms with van der Waals surface area (Å²) in [5.41, 5.74) is 1.16. The van der Waals surface area contributed by atoms with Gasteiger partial charge in [0.25, 0.3) is 5.91 Å². The molecular weight excluding hydrogens is 312 g/mol. The number of Topliss-reactive ketones (excluding diaryl/α,β-unsaturated/α-hetero) is 1. The molecule has 1 fully saturated rings. The molecule has 0 radical (unpaired) electrons. The van der Waals surface area contributed by atoms with Crippen molar-refractivity contribution < 1.29 is 9.59 Å². The van der Waals surface area contributed by atoms with Crippen molar-refractivity contribution in [2.45, 2.75) is 44.3 Å². The van der Waals surface area contributed by atoms with Gasteiger partial charge in [-0.15, -0.1) is 0 Å². The number of rotatable bonds is 6. The lowest BCUT2D eigenvalue weighted by Gasteiger charge is -2.28. The lowest BCUT2D eigenvalue weighted by atomic mass is 9.95. The SMILES string of the molecule is O=C(N[C@H](NC1CCCCC1)C(=O)c1ccccc1)c1ccccc1. The number of carbonyl (C=O) groups is 2. The maximum Gasteiger partial charge on any atom is 0.252 e. The largest absolute Gasteiger partial charge is 0.330 e. The van der Waals surface area contributed by atoms with Gasteiger partial charge in [-0.1, -0.05) is 67.8 Å². The summed E-state index contributed by atoms with van der Waals surface area (Å²) in [6, 6.07) is 18.4. The van der Waals surface area contributed by atoms with Crippen molar-refractivity contribution in [1.29, 1.82) is 0 Å². The van der Waals surface area contributed by atoms with Gasteiger partial charge in [0.1, 0.15) is 6.17 Å². The van der Waals surface area contributed by atoms with Gasteiger partial charge >= 0.3 is 0 Å². The van der Waals surface area contributed by atoms with Gasteiger partial charge in [-0.05, 0) is 25.0 Å². The first-order valence-electron chi connectivity index (χ1n) is 8.95. The van der Waals surface area contributed by atoms with Crippen molar-refractivity contribution in [2.75, 3.05) is 0 Å². The van der Waals surface area contributed by atoms with Crippen molar-refractivity contribution in [1.82, 2.24) is 10.6 Å². The minimum Gasteiger partial charge on any atom is -0.330 e. The highest BCUT2D eigenvalue weighted by atomic mass is 16.2. The van der Waals surface area contributed by atoms with E-state index in [0.717, 1.165) is 25.7 Å². The second-order valence-electron chi connectivity index (χ2n) is 6.50. The fourth-order valence-corrected chi connectivity index (χ4v) is 3.26. The molecular formula is C21H24N2O2. The molecule has 0 heterocycles. The third-order valence-electron chi connectivity index (χ3n) is 4.64. The molecule has 4 heteroatoms. The fraction of sp³-hybridized carbons (Fsp3) is 0.333. The fourth-order valence-electron chi connectivity index (χ4n) is 3.26. The van der Waals surface area contributed by atoms with Crippen LogP contribution in [-0.2, 0) is 0 Å². The highest BCUT2D eigenvalue weighted by Gasteiger charge is 2.26. The van der Waals surface area contributed by atoms with E-state index in [-0.39, 0.29) is 17.7 Å². The minimum absolute atomic E-state index is 0.101. The van der Waals surface area contributed by atoms with Crippen LogP contribution < -0.4 is 10.6 Å². The first-order valence-corrected chi connectivity index (χ1v) is 8.95. The number of hydrogen-bond acceptors (Lipinski definition) is 3. The number of ketones is 1. The van der Waals surface area contributed by atoms with E-state index in [4.69, 9.17) is 0 Å². The van der Waals surface area contributed by atoms with E-state index < -0.39 is 6.17 Å². The molecule has 3 rings (SSSR count). The predicted octanol–water partition coefficient (Wildman–Crippen LogP) is 3.55. The predicted molar refractivity (Wildman–Crippen MR) is 98.5 cm³/mol. The molecule has 1 atom stereocenters. The Balaban J connectivity index is 1.75. The molecule has 0 saturated heterocycles. The van der Waals surface area contributed by atoms with Crippen molar-refractivity contribution in [3.8, 4) is 0 Å². The zero-order valence-electron chi connectivity index (χ0n) is 14.3. The molecule has 25 heavy (non-hydrogen) atoms. The molecule has 0 bridgehead atoms. The van der Waals surface area contributed by atoms with Crippen LogP contribution in [0, 0.1) is 0 Å². The van der Waals surface area contributed by atoms with Gasteiger partial charge in [-0.25, -0.2) is 0 Å². The lowest BCUT2D eigenvalue weighted by Crippen LogP contribution is -2.54. The van der Waals surface area contributed by atoms with Crippen molar-refractivity contribution in [3.05, 3.63) is 71.8 Å². The Kier molecular flexibility index (Phi) is 5.96. The summed E-state index contributed by atoms with van der Waals surface area (Å²) >= 11 is 0. The maximum absolute atomic E-state index is 12.9. The minimum atomic E-state index is -0.710. The molecule has 0 aliphatic heterocycles. The lowest BCUT2D eigenvalue weighted by molar-refractivity contribution is 0.0824. The Morgan fingerprint density at radius 3 is 1.96 bits per heavy atom. The number of hydrogen-bond donors (Lipinski definition) is 2. The van der Waals surface area contributed by atoms with Gasteiger partial charge in [-0.2, -0.15) is 0 Å². The molecule has 1 amide bonds. The molecule has 2 N–H and O–H groups in total. The summed E-state index contributed by atoms with van der Waals surface area (Å²) < 4.78 is 0. The maximum atomic E-state index is 12.9. The summed E-state index contributed by atoms with van der Waals surface area (Å²) in [7, 11) is 0. The van der Waals surface area contributed by atoms with Crippen LogP contribution in [-0.4, -0.2) is 23.9 Å². The van der Waals surface area contributed by atoms with Gasteiger partial charge in [0.15, 0.2) is 5.78 Å². The smallest absolute Gasteiger partial charge is 0.252 e. The average Bonchev–Trinajstić information content (AvgIpc) is 2.69. The van der Waals surface area contributed by atoms with Crippen LogP contribution in [0.15, 0.2) is 60.7 Å². The van der Waals surface area contributed by atoms with E-state index in [2.05, 4.69) is 10.6 Å². The average molecular weight is 336 g/mol. The number of benzene rings is 2. The van der Waals surface area contributed by atoms with E-state index in [9.17, 15) is 9.59 Å². The highest BCUT2D eigenvalue weighted by Crippen LogP contribution is 2.18. The van der Waals surface area contributed by atoms with E-state index in [1.165, 1.54) is 6.42 Å². The van der Waals surface area contributed by atoms with E-state index in [0.29, 0.717) is 11.1 Å². The number of nitrogens with one attached hydrogen (secondary N) is 2. The third-order valence-corrected chi connectivity index (χ3v) is 4.64. The Bertz CT molecular complexity index is 694. The van der Waals surface area contributed by atoms with Crippen molar-refractivity contribution in [3.63, 3.8) is 0 Å². The summed E-state index contributed by atoms with van der Waals surface area (Å²) in [6.07, 6.45) is 4.94. The van der Waals surface area contributed by atoms with Crippen LogP contribution in [0.3, 0.4) is 0 Å². The van der Waals surface area contributed by atoms with Gasteiger partial charge in [0.2, 0.25) is 0 Å². The Morgan fingerprint density at radius 1 is 0.800 bits per heavy atom. The van der Waals surface area contributed by atoms with Crippen LogP contribution in [0.2, 0.25) is 0 Å². The monoisotopic (exact) mass is 336 g/mol. The molecule has 0 aromatic heterocycles. The number of amides is 1. The Labute approximate surface area is 148 Å². The molecule has 4 nitrogen and oxygen atoms in total. The zero-order valence-corrected chi connectivity index (χ0v) is 14.3. The Hall–Kier alpha value is -2.46.